The summed E-state index contributed by atoms with van der Waals surface area (Å²) >= 11 is 5.88. The fourth-order valence-electron chi connectivity index (χ4n) is 3.06. The Balaban J connectivity index is 1.84. The Hall–Kier alpha value is -1.88. The molecule has 1 saturated heterocycles. The van der Waals surface area contributed by atoms with Gasteiger partial charge in [-0.1, -0.05) is 11.6 Å². The number of halogens is 1. The van der Waals surface area contributed by atoms with Gasteiger partial charge >= 0.3 is 0 Å². The summed E-state index contributed by atoms with van der Waals surface area (Å²) in [4.78, 5) is 26.8. The normalized spacial score (nSPS) is 22.1. The molecule has 0 spiro atoms. The van der Waals surface area contributed by atoms with E-state index >= 15 is 0 Å². The average Bonchev–Trinajstić information content (AvgIpc) is 2.56. The minimum Gasteiger partial charge on any atom is -0.335 e. The van der Waals surface area contributed by atoms with Crippen molar-refractivity contribution in [1.29, 1.82) is 0 Å². The maximum atomic E-state index is 12.7. The first-order chi connectivity index (χ1) is 11.1. The van der Waals surface area contributed by atoms with Gasteiger partial charge in [-0.05, 0) is 50.5 Å². The number of carbonyl (C=O) groups excluding carboxylic acids is 2. The smallest absolute Gasteiger partial charge is 0.270 e. The summed E-state index contributed by atoms with van der Waals surface area (Å²) in [5.41, 5.74) is 1.10. The number of carbonyl (C=O) groups is 2. The summed E-state index contributed by atoms with van der Waals surface area (Å²) in [5.74, 6) is -0.140. The van der Waals surface area contributed by atoms with Crippen molar-refractivity contribution < 1.29 is 9.59 Å². The molecule has 23 heavy (non-hydrogen) atoms. The summed E-state index contributed by atoms with van der Waals surface area (Å²) in [6, 6.07) is 7.13. The predicted octanol–water partition coefficient (Wildman–Crippen LogP) is 3.22. The van der Waals surface area contributed by atoms with Crippen LogP contribution >= 0.6 is 11.6 Å². The van der Waals surface area contributed by atoms with Crippen molar-refractivity contribution in [1.82, 2.24) is 4.90 Å². The molecule has 0 N–H and O–H groups in total. The molecule has 2 heterocycles. The summed E-state index contributed by atoms with van der Waals surface area (Å²) < 4.78 is 0. The maximum absolute atomic E-state index is 12.7. The van der Waals surface area contributed by atoms with E-state index in [0.717, 1.165) is 25.8 Å². The van der Waals surface area contributed by atoms with Crippen LogP contribution in [0.2, 0.25) is 5.02 Å². The Morgan fingerprint density at radius 1 is 1.22 bits per heavy atom. The van der Waals surface area contributed by atoms with E-state index in [-0.39, 0.29) is 17.9 Å². The van der Waals surface area contributed by atoms with E-state index in [1.807, 2.05) is 4.90 Å². The van der Waals surface area contributed by atoms with Crippen LogP contribution in [0, 0.1) is 0 Å². The lowest BCUT2D eigenvalue weighted by molar-refractivity contribution is -0.127. The zero-order valence-corrected chi connectivity index (χ0v) is 13.9. The molecule has 1 aromatic rings. The van der Waals surface area contributed by atoms with Crippen molar-refractivity contribution in [2.45, 2.75) is 45.1 Å². The monoisotopic (exact) mass is 333 g/mol. The van der Waals surface area contributed by atoms with E-state index in [1.54, 1.807) is 24.3 Å². The Labute approximate surface area is 140 Å². The highest BCUT2D eigenvalue weighted by molar-refractivity contribution is 6.40. The van der Waals surface area contributed by atoms with Gasteiger partial charge in [-0.25, -0.2) is 5.01 Å². The fraction of sp³-hybridized carbons (Fsp3) is 0.471. The number of amides is 2. The van der Waals surface area contributed by atoms with Gasteiger partial charge in [-0.3, -0.25) is 9.59 Å². The second-order valence-corrected chi connectivity index (χ2v) is 6.51. The molecule has 1 fully saturated rings. The van der Waals surface area contributed by atoms with Crippen LogP contribution in [-0.4, -0.2) is 35.0 Å². The molecule has 2 amide bonds. The van der Waals surface area contributed by atoms with E-state index in [9.17, 15) is 9.59 Å². The second kappa shape index (κ2) is 6.71. The van der Waals surface area contributed by atoms with E-state index in [0.29, 0.717) is 29.3 Å². The largest absolute Gasteiger partial charge is 0.335 e. The number of benzene rings is 1. The Bertz CT molecular complexity index is 642. The van der Waals surface area contributed by atoms with Gasteiger partial charge in [0, 0.05) is 30.5 Å². The Morgan fingerprint density at radius 2 is 1.96 bits per heavy atom. The van der Waals surface area contributed by atoms with Gasteiger partial charge in [-0.2, -0.15) is 5.10 Å². The third-order valence-corrected chi connectivity index (χ3v) is 4.67. The van der Waals surface area contributed by atoms with Crippen molar-refractivity contribution in [2.75, 3.05) is 11.6 Å². The lowest BCUT2D eigenvalue weighted by atomic mass is 10.0. The quantitative estimate of drug-likeness (QED) is 0.834. The number of hydrogen-bond donors (Lipinski definition) is 0. The van der Waals surface area contributed by atoms with Gasteiger partial charge < -0.3 is 4.90 Å². The molecule has 0 radical (unpaired) electrons. The molecule has 0 saturated carbocycles. The maximum Gasteiger partial charge on any atom is 0.270 e. The molecule has 2 aliphatic rings. The second-order valence-electron chi connectivity index (χ2n) is 6.07. The van der Waals surface area contributed by atoms with Crippen molar-refractivity contribution in [3.63, 3.8) is 0 Å². The SMILES string of the molecule is C[C@H]1CCCCN1C(=O)C1=NN(c2ccc(Cl)cc2)C(=O)CC1. The fourth-order valence-corrected chi connectivity index (χ4v) is 3.18. The summed E-state index contributed by atoms with van der Waals surface area (Å²) in [7, 11) is 0. The first-order valence-corrected chi connectivity index (χ1v) is 8.41. The molecule has 122 valence electrons. The van der Waals surface area contributed by atoms with E-state index < -0.39 is 0 Å². The number of nitrogens with zero attached hydrogens (tertiary/aromatic N) is 3. The van der Waals surface area contributed by atoms with Gasteiger partial charge in [0.25, 0.3) is 5.91 Å². The lowest BCUT2D eigenvalue weighted by Crippen LogP contribution is -2.47. The van der Waals surface area contributed by atoms with Crippen LogP contribution in [0.3, 0.4) is 0 Å². The van der Waals surface area contributed by atoms with Crippen LogP contribution in [0.4, 0.5) is 5.69 Å². The molecule has 5 nitrogen and oxygen atoms in total. The molecular formula is C17H20ClN3O2. The molecule has 0 aliphatic carbocycles. The van der Waals surface area contributed by atoms with E-state index in [2.05, 4.69) is 12.0 Å². The Morgan fingerprint density at radius 3 is 2.65 bits per heavy atom. The standard InChI is InChI=1S/C17H20ClN3O2/c1-12-4-2-3-11-20(12)17(23)15-9-10-16(22)21(19-15)14-7-5-13(18)6-8-14/h5-8,12H,2-4,9-11H2,1H3/t12-/m0/s1. The van der Waals surface area contributed by atoms with Crippen molar-refractivity contribution in [3.8, 4) is 0 Å². The first kappa shape index (κ1) is 16.0. The minimum absolute atomic E-state index is 0.0383. The van der Waals surface area contributed by atoms with Crippen LogP contribution in [0.1, 0.15) is 39.0 Å². The average molecular weight is 334 g/mol. The van der Waals surface area contributed by atoms with E-state index in [4.69, 9.17) is 11.6 Å². The van der Waals surface area contributed by atoms with Gasteiger partial charge in [-0.15, -0.1) is 0 Å². The zero-order chi connectivity index (χ0) is 16.4. The van der Waals surface area contributed by atoms with Gasteiger partial charge in [0.15, 0.2) is 0 Å². The number of rotatable bonds is 2. The predicted molar refractivity (Wildman–Crippen MR) is 90.6 cm³/mol. The van der Waals surface area contributed by atoms with Crippen LogP contribution in [-0.2, 0) is 9.59 Å². The third kappa shape index (κ3) is 3.39. The molecule has 0 unspecified atom stereocenters. The van der Waals surface area contributed by atoms with Crippen LogP contribution < -0.4 is 5.01 Å². The molecule has 0 bridgehead atoms. The number of hydrogen-bond acceptors (Lipinski definition) is 3. The number of anilines is 1. The number of piperidine rings is 1. The minimum atomic E-state index is -0.101. The van der Waals surface area contributed by atoms with Gasteiger partial charge in [0.2, 0.25) is 5.91 Å². The molecular weight excluding hydrogens is 314 g/mol. The lowest BCUT2D eigenvalue weighted by Gasteiger charge is -2.34. The first-order valence-electron chi connectivity index (χ1n) is 8.03. The van der Waals surface area contributed by atoms with Crippen molar-refractivity contribution in [2.24, 2.45) is 5.10 Å². The highest BCUT2D eigenvalue weighted by Gasteiger charge is 2.31. The van der Waals surface area contributed by atoms with Crippen molar-refractivity contribution >= 4 is 34.8 Å². The molecule has 0 aromatic heterocycles. The summed E-state index contributed by atoms with van der Waals surface area (Å²) in [6.45, 7) is 2.84. The highest BCUT2D eigenvalue weighted by Crippen LogP contribution is 2.24. The van der Waals surface area contributed by atoms with Gasteiger partial charge in [0.1, 0.15) is 5.71 Å². The van der Waals surface area contributed by atoms with E-state index in [1.165, 1.54) is 5.01 Å². The molecule has 1 aromatic carbocycles. The van der Waals surface area contributed by atoms with Crippen LogP contribution in [0.25, 0.3) is 0 Å². The summed E-state index contributed by atoms with van der Waals surface area (Å²) in [6.07, 6.45) is 3.93. The molecule has 2 aliphatic heterocycles. The van der Waals surface area contributed by atoms with Crippen LogP contribution in [0.15, 0.2) is 29.4 Å². The van der Waals surface area contributed by atoms with Crippen LogP contribution in [0.5, 0.6) is 0 Å². The Kier molecular flexibility index (Phi) is 4.66. The zero-order valence-electron chi connectivity index (χ0n) is 13.2. The topological polar surface area (TPSA) is 53.0 Å². The highest BCUT2D eigenvalue weighted by atomic mass is 35.5. The molecule has 3 rings (SSSR count). The number of hydrazone groups is 1. The summed E-state index contributed by atoms with van der Waals surface area (Å²) in [5, 5.41) is 6.26. The van der Waals surface area contributed by atoms with Crippen molar-refractivity contribution in [3.05, 3.63) is 29.3 Å². The third-order valence-electron chi connectivity index (χ3n) is 4.41. The number of likely N-dealkylation sites (tertiary alicyclic amines) is 1. The molecule has 6 heteroatoms. The van der Waals surface area contributed by atoms with Gasteiger partial charge in [0.05, 0.1) is 5.69 Å². The molecule has 1 atom stereocenters.